The fourth-order valence-electron chi connectivity index (χ4n) is 4.87. The van der Waals surface area contributed by atoms with Crippen molar-refractivity contribution in [1.29, 1.82) is 0 Å². The van der Waals surface area contributed by atoms with Crippen molar-refractivity contribution in [3.8, 4) is 0 Å². The van der Waals surface area contributed by atoms with Gasteiger partial charge in [0.25, 0.3) is 10.1 Å². The van der Waals surface area contributed by atoms with E-state index in [1.54, 1.807) is 42.5 Å². The largest absolute Gasteiger partial charge is 0.382 e. The van der Waals surface area contributed by atoms with Gasteiger partial charge in [0, 0.05) is 28.5 Å². The van der Waals surface area contributed by atoms with Gasteiger partial charge in [0.15, 0.2) is 11.6 Å². The van der Waals surface area contributed by atoms with Gasteiger partial charge in [0.1, 0.15) is 0 Å². The van der Waals surface area contributed by atoms with E-state index >= 15 is 0 Å². The zero-order valence-corrected chi connectivity index (χ0v) is 20.2. The Morgan fingerprint density at radius 1 is 0.771 bits per heavy atom. The van der Waals surface area contributed by atoms with Crippen LogP contribution in [0.5, 0.6) is 0 Å². The average Bonchev–Trinajstić information content (AvgIpc) is 2.89. The molecule has 180 valence electrons. The van der Waals surface area contributed by atoms with Gasteiger partial charge in [-0.1, -0.05) is 43.5 Å². The summed E-state index contributed by atoms with van der Waals surface area (Å²) < 4.78 is 28.4. The quantitative estimate of drug-likeness (QED) is 0.354. The Labute approximate surface area is 204 Å². The van der Waals surface area contributed by atoms with E-state index in [1.807, 2.05) is 6.07 Å². The van der Waals surface area contributed by atoms with Crippen molar-refractivity contribution >= 4 is 38.7 Å². The highest BCUT2D eigenvalue weighted by molar-refractivity contribution is 7.86. The minimum absolute atomic E-state index is 0.0276. The summed E-state index contributed by atoms with van der Waals surface area (Å²) in [4.78, 5) is 27.3. The van der Waals surface area contributed by atoms with Crippen LogP contribution >= 0.6 is 0 Å². The van der Waals surface area contributed by atoms with E-state index in [9.17, 15) is 18.0 Å². The van der Waals surface area contributed by atoms with Crippen LogP contribution in [0.15, 0.2) is 65.6 Å². The first-order chi connectivity index (χ1) is 16.9. The molecule has 35 heavy (non-hydrogen) atoms. The summed E-state index contributed by atoms with van der Waals surface area (Å²) in [5, 5.41) is 6.74. The highest BCUT2D eigenvalue weighted by Crippen LogP contribution is 2.38. The van der Waals surface area contributed by atoms with Crippen LogP contribution in [0.1, 0.15) is 63.9 Å². The smallest absolute Gasteiger partial charge is 0.296 e. The molecule has 2 aliphatic rings. The standard InChI is InChI=1S/C27H26N2O5S/c1-34-35(32,33)19-13-11-18(12-14-19)29-23-16-15-22(28-17-7-3-2-4-8-17)24-25(23)27(31)21-10-6-5-9-20(21)26(24)30/h5-6,9-17,28-29H,2-4,7-8H2,1H3. The molecule has 0 aliphatic heterocycles. The summed E-state index contributed by atoms with van der Waals surface area (Å²) >= 11 is 0. The number of anilines is 3. The fraction of sp³-hybridized carbons (Fsp3) is 0.259. The number of hydrogen-bond acceptors (Lipinski definition) is 7. The van der Waals surface area contributed by atoms with Crippen LogP contribution in [0.4, 0.5) is 17.1 Å². The first-order valence-corrected chi connectivity index (χ1v) is 13.1. The monoisotopic (exact) mass is 490 g/mol. The Kier molecular flexibility index (Phi) is 6.17. The van der Waals surface area contributed by atoms with Crippen molar-refractivity contribution in [1.82, 2.24) is 0 Å². The van der Waals surface area contributed by atoms with E-state index in [2.05, 4.69) is 14.8 Å². The van der Waals surface area contributed by atoms with Gasteiger partial charge >= 0.3 is 0 Å². The van der Waals surface area contributed by atoms with Crippen molar-refractivity contribution in [2.75, 3.05) is 17.7 Å². The summed E-state index contributed by atoms with van der Waals surface area (Å²) in [5.74, 6) is -0.401. The van der Waals surface area contributed by atoms with E-state index in [0.29, 0.717) is 39.3 Å². The Hall–Kier alpha value is -3.49. The molecule has 3 aromatic rings. The Balaban J connectivity index is 1.56. The second-order valence-electron chi connectivity index (χ2n) is 8.86. The lowest BCUT2D eigenvalue weighted by molar-refractivity contribution is 0.0980. The van der Waals surface area contributed by atoms with Gasteiger partial charge < -0.3 is 10.6 Å². The molecule has 0 unspecified atom stereocenters. The number of benzene rings is 3. The van der Waals surface area contributed by atoms with E-state index in [1.165, 1.54) is 18.6 Å². The SMILES string of the molecule is COS(=O)(=O)c1ccc(Nc2ccc(NC3CCCCC3)c3c2C(=O)c2ccccc2C3=O)cc1. The van der Waals surface area contributed by atoms with E-state index in [0.717, 1.165) is 32.8 Å². The maximum Gasteiger partial charge on any atom is 0.296 e. The lowest BCUT2D eigenvalue weighted by Gasteiger charge is -2.28. The summed E-state index contributed by atoms with van der Waals surface area (Å²) in [6.07, 6.45) is 5.57. The predicted molar refractivity (Wildman–Crippen MR) is 134 cm³/mol. The highest BCUT2D eigenvalue weighted by atomic mass is 32.2. The molecule has 0 heterocycles. The molecule has 0 spiro atoms. The predicted octanol–water partition coefficient (Wildman–Crippen LogP) is 5.29. The molecule has 0 atom stereocenters. The molecule has 0 radical (unpaired) electrons. The normalized spacial score (nSPS) is 15.9. The van der Waals surface area contributed by atoms with Crippen molar-refractivity contribution in [2.24, 2.45) is 0 Å². The number of hydrogen-bond donors (Lipinski definition) is 2. The van der Waals surface area contributed by atoms with Crippen LogP contribution < -0.4 is 10.6 Å². The minimum Gasteiger partial charge on any atom is -0.382 e. The van der Waals surface area contributed by atoms with Crippen LogP contribution in [0.2, 0.25) is 0 Å². The highest BCUT2D eigenvalue weighted by Gasteiger charge is 2.34. The lowest BCUT2D eigenvalue weighted by Crippen LogP contribution is -2.27. The third kappa shape index (κ3) is 4.35. The van der Waals surface area contributed by atoms with Crippen molar-refractivity contribution in [3.05, 3.63) is 82.9 Å². The molecule has 5 rings (SSSR count). The molecule has 0 bridgehead atoms. The number of rotatable bonds is 6. The van der Waals surface area contributed by atoms with Crippen LogP contribution in [0.3, 0.4) is 0 Å². The summed E-state index contributed by atoms with van der Waals surface area (Å²) in [7, 11) is -2.70. The summed E-state index contributed by atoms with van der Waals surface area (Å²) in [6.45, 7) is 0. The zero-order valence-electron chi connectivity index (χ0n) is 19.3. The molecular weight excluding hydrogens is 464 g/mol. The summed E-state index contributed by atoms with van der Waals surface area (Å²) in [6, 6.07) is 16.8. The fourth-order valence-corrected chi connectivity index (χ4v) is 5.53. The number of carbonyl (C=O) groups excluding carboxylic acids is 2. The lowest BCUT2D eigenvalue weighted by atomic mass is 9.82. The van der Waals surface area contributed by atoms with E-state index < -0.39 is 10.1 Å². The van der Waals surface area contributed by atoms with Gasteiger partial charge in [0.05, 0.1) is 28.8 Å². The molecule has 2 aliphatic carbocycles. The first kappa shape index (κ1) is 23.3. The maximum atomic E-state index is 13.6. The molecule has 1 fully saturated rings. The van der Waals surface area contributed by atoms with Crippen LogP contribution in [-0.4, -0.2) is 33.1 Å². The van der Waals surface area contributed by atoms with Gasteiger partial charge in [-0.25, -0.2) is 0 Å². The van der Waals surface area contributed by atoms with Crippen molar-refractivity contribution in [3.63, 3.8) is 0 Å². The second kappa shape index (κ2) is 9.28. The van der Waals surface area contributed by atoms with Crippen molar-refractivity contribution < 1.29 is 22.2 Å². The van der Waals surface area contributed by atoms with Crippen LogP contribution in [0.25, 0.3) is 0 Å². The molecule has 2 N–H and O–H groups in total. The molecule has 8 heteroatoms. The van der Waals surface area contributed by atoms with Gasteiger partial charge in [-0.2, -0.15) is 8.42 Å². The molecule has 3 aromatic carbocycles. The Morgan fingerprint density at radius 3 is 1.94 bits per heavy atom. The number of carbonyl (C=O) groups is 2. The molecule has 0 saturated heterocycles. The molecule has 0 aromatic heterocycles. The van der Waals surface area contributed by atoms with Gasteiger partial charge in [0.2, 0.25) is 0 Å². The molecular formula is C27H26N2O5S. The van der Waals surface area contributed by atoms with E-state index in [-0.39, 0.29) is 22.5 Å². The minimum atomic E-state index is -3.81. The van der Waals surface area contributed by atoms with Gasteiger partial charge in [-0.05, 0) is 49.2 Å². The number of fused-ring (bicyclic) bond motifs is 2. The molecule has 0 amide bonds. The first-order valence-electron chi connectivity index (χ1n) is 11.7. The molecule has 1 saturated carbocycles. The van der Waals surface area contributed by atoms with Crippen LogP contribution in [0, 0.1) is 0 Å². The Morgan fingerprint density at radius 2 is 1.34 bits per heavy atom. The third-order valence-corrected chi connectivity index (χ3v) is 7.97. The van der Waals surface area contributed by atoms with E-state index in [4.69, 9.17) is 0 Å². The number of nitrogens with one attached hydrogen (secondary N) is 2. The third-order valence-electron chi connectivity index (χ3n) is 6.68. The average molecular weight is 491 g/mol. The topological polar surface area (TPSA) is 102 Å². The Bertz CT molecular complexity index is 1410. The maximum absolute atomic E-state index is 13.6. The second-order valence-corrected chi connectivity index (χ2v) is 10.6. The van der Waals surface area contributed by atoms with Gasteiger partial charge in [-0.3, -0.25) is 13.8 Å². The summed E-state index contributed by atoms with van der Waals surface area (Å²) in [5.41, 5.74) is 3.23. The van der Waals surface area contributed by atoms with Crippen LogP contribution in [-0.2, 0) is 14.3 Å². The van der Waals surface area contributed by atoms with Gasteiger partial charge in [-0.15, -0.1) is 0 Å². The number of ketones is 2. The zero-order chi connectivity index (χ0) is 24.6. The molecule has 7 nitrogen and oxygen atoms in total. The van der Waals surface area contributed by atoms with Crippen molar-refractivity contribution in [2.45, 2.75) is 43.0 Å².